The fraction of sp³-hybridized carbons (Fsp3) is 0.500. The molecule has 0 bridgehead atoms. The van der Waals surface area contributed by atoms with E-state index in [4.69, 9.17) is 4.74 Å². The number of nitrogens with one attached hydrogen (secondary N) is 1. The van der Waals surface area contributed by atoms with E-state index in [0.717, 1.165) is 6.42 Å². The number of hydrogen-bond donors (Lipinski definition) is 1. The van der Waals surface area contributed by atoms with Crippen LogP contribution >= 0.6 is 0 Å². The van der Waals surface area contributed by atoms with Gasteiger partial charge in [0.15, 0.2) is 0 Å². The van der Waals surface area contributed by atoms with Crippen molar-refractivity contribution in [2.24, 2.45) is 0 Å². The Hall–Kier alpha value is -1.65. The zero-order valence-corrected chi connectivity index (χ0v) is 8.99. The predicted octanol–water partition coefficient (Wildman–Crippen LogP) is 1.61. The van der Waals surface area contributed by atoms with Crippen LogP contribution in [-0.2, 0) is 4.79 Å². The number of hydrogen-bond acceptors (Lipinski definition) is 4. The first-order valence-corrected chi connectivity index (χ1v) is 5.01. The van der Waals surface area contributed by atoms with Crippen LogP contribution in [0.5, 0.6) is 6.01 Å². The van der Waals surface area contributed by atoms with Crippen LogP contribution in [0.15, 0.2) is 12.4 Å². The van der Waals surface area contributed by atoms with Crippen molar-refractivity contribution in [1.29, 1.82) is 0 Å². The molecule has 5 nitrogen and oxygen atoms in total. The van der Waals surface area contributed by atoms with E-state index in [0.29, 0.717) is 24.7 Å². The zero-order chi connectivity index (χ0) is 11.1. The minimum absolute atomic E-state index is 0.0229. The second-order valence-electron chi connectivity index (χ2n) is 2.99. The van der Waals surface area contributed by atoms with Crippen LogP contribution in [0.25, 0.3) is 0 Å². The minimum Gasteiger partial charge on any atom is -0.464 e. The van der Waals surface area contributed by atoms with Gasteiger partial charge in [0.25, 0.3) is 0 Å². The summed E-state index contributed by atoms with van der Waals surface area (Å²) in [5.74, 6) is -0.0229. The van der Waals surface area contributed by atoms with Gasteiger partial charge >= 0.3 is 6.01 Å². The predicted molar refractivity (Wildman–Crippen MR) is 56.7 cm³/mol. The molecule has 0 saturated heterocycles. The molecule has 0 fully saturated rings. The lowest BCUT2D eigenvalue weighted by Gasteiger charge is -2.04. The molecule has 0 atom stereocenters. The average molecular weight is 209 g/mol. The molecular weight excluding hydrogens is 194 g/mol. The first-order chi connectivity index (χ1) is 7.26. The van der Waals surface area contributed by atoms with Gasteiger partial charge in [0, 0.05) is 6.42 Å². The van der Waals surface area contributed by atoms with Crippen LogP contribution in [0, 0.1) is 0 Å². The SMILES string of the molecule is CCCC(=O)Nc1cnc(OCC)nc1. The van der Waals surface area contributed by atoms with E-state index in [1.165, 1.54) is 12.4 Å². The lowest BCUT2D eigenvalue weighted by Crippen LogP contribution is -2.11. The van der Waals surface area contributed by atoms with Gasteiger partial charge < -0.3 is 10.1 Å². The van der Waals surface area contributed by atoms with Gasteiger partial charge in [-0.05, 0) is 13.3 Å². The van der Waals surface area contributed by atoms with Gasteiger partial charge in [-0.3, -0.25) is 4.79 Å². The molecule has 0 aliphatic rings. The average Bonchev–Trinajstić information content (AvgIpc) is 2.22. The monoisotopic (exact) mass is 209 g/mol. The zero-order valence-electron chi connectivity index (χ0n) is 8.99. The van der Waals surface area contributed by atoms with Crippen LogP contribution in [0.2, 0.25) is 0 Å². The van der Waals surface area contributed by atoms with Crippen molar-refractivity contribution >= 4 is 11.6 Å². The Morgan fingerprint density at radius 1 is 1.40 bits per heavy atom. The summed E-state index contributed by atoms with van der Waals surface area (Å²) >= 11 is 0. The van der Waals surface area contributed by atoms with Crippen LogP contribution in [-0.4, -0.2) is 22.5 Å². The Morgan fingerprint density at radius 2 is 2.07 bits per heavy atom. The van der Waals surface area contributed by atoms with Crippen molar-refractivity contribution in [1.82, 2.24) is 9.97 Å². The van der Waals surface area contributed by atoms with E-state index in [2.05, 4.69) is 15.3 Å². The fourth-order valence-corrected chi connectivity index (χ4v) is 1.03. The summed E-state index contributed by atoms with van der Waals surface area (Å²) < 4.78 is 5.08. The highest BCUT2D eigenvalue weighted by atomic mass is 16.5. The number of nitrogens with zero attached hydrogens (tertiary/aromatic N) is 2. The van der Waals surface area contributed by atoms with E-state index in [1.807, 2.05) is 13.8 Å². The first kappa shape index (κ1) is 11.4. The molecule has 5 heteroatoms. The number of rotatable bonds is 5. The van der Waals surface area contributed by atoms with Crippen LogP contribution in [0.3, 0.4) is 0 Å². The molecule has 1 rings (SSSR count). The maximum absolute atomic E-state index is 11.2. The third kappa shape index (κ3) is 3.93. The van der Waals surface area contributed by atoms with Gasteiger partial charge in [0.2, 0.25) is 5.91 Å². The number of carbonyl (C=O) groups is 1. The Bertz CT molecular complexity index is 311. The summed E-state index contributed by atoms with van der Waals surface area (Å²) in [6, 6.07) is 0.325. The van der Waals surface area contributed by atoms with Gasteiger partial charge in [-0.1, -0.05) is 6.92 Å². The summed E-state index contributed by atoms with van der Waals surface area (Å²) in [4.78, 5) is 19.1. The Kier molecular flexibility index (Phi) is 4.53. The number of anilines is 1. The molecule has 15 heavy (non-hydrogen) atoms. The maximum atomic E-state index is 11.2. The normalized spacial score (nSPS) is 9.73. The molecule has 0 aliphatic heterocycles. The summed E-state index contributed by atoms with van der Waals surface area (Å²) in [7, 11) is 0. The molecule has 0 radical (unpaired) electrons. The molecule has 0 aromatic carbocycles. The highest BCUT2D eigenvalue weighted by Gasteiger charge is 2.02. The molecule has 1 aromatic rings. The van der Waals surface area contributed by atoms with E-state index in [1.54, 1.807) is 0 Å². The van der Waals surface area contributed by atoms with Gasteiger partial charge in [-0.25, -0.2) is 9.97 Å². The quantitative estimate of drug-likeness (QED) is 0.800. The maximum Gasteiger partial charge on any atom is 0.316 e. The van der Waals surface area contributed by atoms with E-state index in [9.17, 15) is 4.79 Å². The van der Waals surface area contributed by atoms with Crippen LogP contribution in [0.4, 0.5) is 5.69 Å². The summed E-state index contributed by atoms with van der Waals surface area (Å²) in [6.07, 6.45) is 4.40. The van der Waals surface area contributed by atoms with Crippen molar-refractivity contribution in [2.45, 2.75) is 26.7 Å². The van der Waals surface area contributed by atoms with Crippen molar-refractivity contribution in [3.63, 3.8) is 0 Å². The van der Waals surface area contributed by atoms with Crippen molar-refractivity contribution in [3.8, 4) is 6.01 Å². The second-order valence-corrected chi connectivity index (χ2v) is 2.99. The molecule has 1 N–H and O–H groups in total. The Balaban J connectivity index is 2.52. The molecule has 0 unspecified atom stereocenters. The largest absolute Gasteiger partial charge is 0.464 e. The number of aromatic nitrogens is 2. The highest BCUT2D eigenvalue weighted by Crippen LogP contribution is 2.07. The number of carbonyl (C=O) groups excluding carboxylic acids is 1. The number of ether oxygens (including phenoxy) is 1. The summed E-state index contributed by atoms with van der Waals surface area (Å²) in [6.45, 7) is 4.34. The Labute approximate surface area is 88.9 Å². The van der Waals surface area contributed by atoms with E-state index < -0.39 is 0 Å². The van der Waals surface area contributed by atoms with Crippen molar-refractivity contribution in [2.75, 3.05) is 11.9 Å². The smallest absolute Gasteiger partial charge is 0.316 e. The molecular formula is C10H15N3O2. The van der Waals surface area contributed by atoms with E-state index in [-0.39, 0.29) is 5.91 Å². The standard InChI is InChI=1S/C10H15N3O2/c1-3-5-9(14)13-8-6-11-10(12-7-8)15-4-2/h6-7H,3-5H2,1-2H3,(H,13,14). The Morgan fingerprint density at radius 3 is 2.60 bits per heavy atom. The lowest BCUT2D eigenvalue weighted by molar-refractivity contribution is -0.116. The van der Waals surface area contributed by atoms with Gasteiger partial charge in [0.1, 0.15) is 0 Å². The molecule has 1 heterocycles. The topological polar surface area (TPSA) is 64.1 Å². The molecule has 0 spiro atoms. The van der Waals surface area contributed by atoms with Gasteiger partial charge in [-0.15, -0.1) is 0 Å². The summed E-state index contributed by atoms with van der Waals surface area (Å²) in [5.41, 5.74) is 0.594. The molecule has 0 saturated carbocycles. The second kappa shape index (κ2) is 5.95. The van der Waals surface area contributed by atoms with Crippen molar-refractivity contribution < 1.29 is 9.53 Å². The van der Waals surface area contributed by atoms with E-state index >= 15 is 0 Å². The third-order valence-corrected chi connectivity index (χ3v) is 1.66. The molecule has 0 aliphatic carbocycles. The fourth-order valence-electron chi connectivity index (χ4n) is 1.03. The molecule has 1 aromatic heterocycles. The van der Waals surface area contributed by atoms with Gasteiger partial charge in [0.05, 0.1) is 24.7 Å². The first-order valence-electron chi connectivity index (χ1n) is 5.01. The number of amides is 1. The van der Waals surface area contributed by atoms with Crippen LogP contribution in [0.1, 0.15) is 26.7 Å². The van der Waals surface area contributed by atoms with Crippen molar-refractivity contribution in [3.05, 3.63) is 12.4 Å². The molecule has 82 valence electrons. The van der Waals surface area contributed by atoms with Gasteiger partial charge in [-0.2, -0.15) is 0 Å². The van der Waals surface area contributed by atoms with Crippen LogP contribution < -0.4 is 10.1 Å². The summed E-state index contributed by atoms with van der Waals surface area (Å²) in [5, 5.41) is 2.69. The highest BCUT2D eigenvalue weighted by molar-refractivity contribution is 5.90. The molecule has 1 amide bonds. The minimum atomic E-state index is -0.0229. The lowest BCUT2D eigenvalue weighted by atomic mass is 10.3. The third-order valence-electron chi connectivity index (χ3n) is 1.66.